The van der Waals surface area contributed by atoms with Crippen LogP contribution in [0.1, 0.15) is 30.6 Å². The van der Waals surface area contributed by atoms with Crippen LogP contribution in [0.15, 0.2) is 42.7 Å². The molecule has 130 valence electrons. The summed E-state index contributed by atoms with van der Waals surface area (Å²) in [4.78, 5) is 8.71. The molecule has 26 heavy (non-hydrogen) atoms. The zero-order chi connectivity index (χ0) is 17.8. The lowest BCUT2D eigenvalue weighted by molar-refractivity contribution is 0.841. The van der Waals surface area contributed by atoms with Crippen LogP contribution in [0, 0.1) is 0 Å². The van der Waals surface area contributed by atoms with Crippen LogP contribution in [0.25, 0.3) is 22.5 Å². The van der Waals surface area contributed by atoms with Gasteiger partial charge in [-0.3, -0.25) is 10.1 Å². The summed E-state index contributed by atoms with van der Waals surface area (Å²) in [5.41, 5.74) is 4.14. The summed E-state index contributed by atoms with van der Waals surface area (Å²) < 4.78 is 0. The maximum absolute atomic E-state index is 4.52. The molecule has 0 saturated heterocycles. The maximum Gasteiger partial charge on any atom is 0.181 e. The number of hydrogen-bond donors (Lipinski definition) is 2. The first-order chi connectivity index (χ1) is 12.8. The molecular formula is C18H18N8. The van der Waals surface area contributed by atoms with Crippen LogP contribution in [0.2, 0.25) is 0 Å². The minimum atomic E-state index is 0.599. The fraction of sp³-hybridized carbons (Fsp3) is 0.222. The van der Waals surface area contributed by atoms with Gasteiger partial charge in [-0.05, 0) is 39.6 Å². The number of tetrazole rings is 1. The summed E-state index contributed by atoms with van der Waals surface area (Å²) in [5, 5.41) is 21.3. The second kappa shape index (κ2) is 7.22. The molecule has 0 radical (unpaired) electrons. The topological polar surface area (TPSA) is 109 Å². The average molecular weight is 346 g/mol. The van der Waals surface area contributed by atoms with Crippen molar-refractivity contribution in [2.45, 2.75) is 26.2 Å². The van der Waals surface area contributed by atoms with Crippen LogP contribution in [-0.2, 0) is 12.8 Å². The number of aromatic nitrogens is 8. The number of H-pyrrole nitrogens is 2. The summed E-state index contributed by atoms with van der Waals surface area (Å²) in [7, 11) is 0. The molecule has 8 heteroatoms. The van der Waals surface area contributed by atoms with Gasteiger partial charge in [-0.1, -0.05) is 31.2 Å². The van der Waals surface area contributed by atoms with Crippen molar-refractivity contribution in [3.8, 4) is 22.5 Å². The summed E-state index contributed by atoms with van der Waals surface area (Å²) >= 11 is 0. The molecule has 0 fully saturated rings. The van der Waals surface area contributed by atoms with Gasteiger partial charge >= 0.3 is 0 Å². The zero-order valence-electron chi connectivity index (χ0n) is 14.3. The van der Waals surface area contributed by atoms with Crippen molar-refractivity contribution in [1.82, 2.24) is 40.8 Å². The Kier molecular flexibility index (Phi) is 4.46. The lowest BCUT2D eigenvalue weighted by Gasteiger charge is -2.07. The third-order valence-corrected chi connectivity index (χ3v) is 4.11. The van der Waals surface area contributed by atoms with E-state index in [1.165, 1.54) is 5.56 Å². The fourth-order valence-corrected chi connectivity index (χ4v) is 2.85. The molecule has 0 aliphatic rings. The lowest BCUT2D eigenvalue weighted by atomic mass is 9.99. The molecule has 3 heterocycles. The Bertz CT molecular complexity index is 973. The van der Waals surface area contributed by atoms with Crippen LogP contribution in [0.4, 0.5) is 0 Å². The highest BCUT2D eigenvalue weighted by molar-refractivity contribution is 5.79. The van der Waals surface area contributed by atoms with E-state index in [-0.39, 0.29) is 0 Å². The molecule has 3 aromatic heterocycles. The number of aromatic amines is 2. The van der Waals surface area contributed by atoms with Crippen molar-refractivity contribution in [3.63, 3.8) is 0 Å². The molecule has 0 amide bonds. The predicted molar refractivity (Wildman–Crippen MR) is 96.0 cm³/mol. The van der Waals surface area contributed by atoms with Crippen LogP contribution < -0.4 is 0 Å². The van der Waals surface area contributed by atoms with E-state index < -0.39 is 0 Å². The van der Waals surface area contributed by atoms with Crippen LogP contribution >= 0.6 is 0 Å². The molecule has 2 N–H and O–H groups in total. The lowest BCUT2D eigenvalue weighted by Crippen LogP contribution is -1.93. The highest BCUT2D eigenvalue weighted by Crippen LogP contribution is 2.29. The van der Waals surface area contributed by atoms with Gasteiger partial charge in [0, 0.05) is 30.8 Å². The first-order valence-corrected chi connectivity index (χ1v) is 8.51. The van der Waals surface area contributed by atoms with Gasteiger partial charge in [0.05, 0.1) is 0 Å². The number of benzene rings is 1. The molecule has 8 nitrogen and oxygen atoms in total. The predicted octanol–water partition coefficient (Wildman–Crippen LogP) is 2.59. The van der Waals surface area contributed by atoms with Gasteiger partial charge in [0.2, 0.25) is 0 Å². The van der Waals surface area contributed by atoms with Crippen molar-refractivity contribution in [1.29, 1.82) is 0 Å². The van der Waals surface area contributed by atoms with E-state index in [1.807, 2.05) is 6.07 Å². The van der Waals surface area contributed by atoms with Crippen molar-refractivity contribution in [2.75, 3.05) is 0 Å². The van der Waals surface area contributed by atoms with Crippen molar-refractivity contribution >= 4 is 0 Å². The molecule has 4 rings (SSSR count). The number of rotatable bonds is 6. The molecule has 0 aliphatic heterocycles. The fourth-order valence-electron chi connectivity index (χ4n) is 2.85. The van der Waals surface area contributed by atoms with Gasteiger partial charge in [0.15, 0.2) is 11.6 Å². The van der Waals surface area contributed by atoms with Crippen LogP contribution in [-0.4, -0.2) is 40.8 Å². The van der Waals surface area contributed by atoms with Gasteiger partial charge in [-0.2, -0.15) is 5.10 Å². The minimum Gasteiger partial charge on any atom is -0.264 e. The molecule has 0 unspecified atom stereocenters. The van der Waals surface area contributed by atoms with Crippen molar-refractivity contribution in [2.24, 2.45) is 0 Å². The molecule has 4 aromatic rings. The summed E-state index contributed by atoms with van der Waals surface area (Å²) in [6.45, 7) is 2.12. The van der Waals surface area contributed by atoms with Crippen molar-refractivity contribution < 1.29 is 0 Å². The quantitative estimate of drug-likeness (QED) is 0.555. The molecule has 1 aromatic carbocycles. The first kappa shape index (κ1) is 16.1. The Morgan fingerprint density at radius 3 is 2.65 bits per heavy atom. The summed E-state index contributed by atoms with van der Waals surface area (Å²) in [6, 6.07) is 10.3. The molecular weight excluding hydrogens is 328 g/mol. The Hall–Kier alpha value is -3.42. The molecule has 0 atom stereocenters. The smallest absolute Gasteiger partial charge is 0.181 e. The Morgan fingerprint density at radius 1 is 1.00 bits per heavy atom. The standard InChI is InChI=1S/C18H18N8/c1-2-3-16-20-17(22-21-16)10-12-4-6-13(7-5-12)14-8-9-19-11-15(14)18-23-25-26-24-18/h4-9,11H,2-3,10H2,1H3,(H,20,21,22)(H,23,24,25,26). The SMILES string of the molecule is CCCc1n[nH]c(Cc2ccc(-c3ccncc3-c3nnn[nH]3)cc2)n1. The van der Waals surface area contributed by atoms with E-state index in [2.05, 4.69) is 72.0 Å². The minimum absolute atomic E-state index is 0.599. The molecule has 0 aliphatic carbocycles. The second-order valence-corrected chi connectivity index (χ2v) is 5.99. The Morgan fingerprint density at radius 2 is 1.88 bits per heavy atom. The van der Waals surface area contributed by atoms with Crippen molar-refractivity contribution in [3.05, 3.63) is 59.9 Å². The highest BCUT2D eigenvalue weighted by Gasteiger charge is 2.11. The highest BCUT2D eigenvalue weighted by atomic mass is 15.5. The van der Waals surface area contributed by atoms with E-state index in [0.29, 0.717) is 5.82 Å². The number of nitrogens with zero attached hydrogens (tertiary/aromatic N) is 6. The average Bonchev–Trinajstić information content (AvgIpc) is 3.35. The third-order valence-electron chi connectivity index (χ3n) is 4.11. The van der Waals surface area contributed by atoms with Gasteiger partial charge < -0.3 is 0 Å². The van der Waals surface area contributed by atoms with E-state index in [4.69, 9.17) is 0 Å². The maximum atomic E-state index is 4.52. The van der Waals surface area contributed by atoms with Gasteiger partial charge in [-0.25, -0.2) is 10.1 Å². The van der Waals surface area contributed by atoms with Crippen LogP contribution in [0.5, 0.6) is 0 Å². The number of hydrogen-bond acceptors (Lipinski definition) is 6. The number of pyridine rings is 1. The van der Waals surface area contributed by atoms with E-state index >= 15 is 0 Å². The van der Waals surface area contributed by atoms with Gasteiger partial charge in [0.1, 0.15) is 5.82 Å². The van der Waals surface area contributed by atoms with E-state index in [0.717, 1.165) is 47.6 Å². The van der Waals surface area contributed by atoms with E-state index in [1.54, 1.807) is 12.4 Å². The largest absolute Gasteiger partial charge is 0.264 e. The zero-order valence-corrected chi connectivity index (χ0v) is 14.3. The monoisotopic (exact) mass is 346 g/mol. The number of nitrogens with one attached hydrogen (secondary N) is 2. The molecule has 0 spiro atoms. The molecule has 0 saturated carbocycles. The van der Waals surface area contributed by atoms with Crippen LogP contribution in [0.3, 0.4) is 0 Å². The van der Waals surface area contributed by atoms with E-state index in [9.17, 15) is 0 Å². The second-order valence-electron chi connectivity index (χ2n) is 5.99. The third kappa shape index (κ3) is 3.34. The Labute approximate surface area is 150 Å². The van der Waals surface area contributed by atoms with Gasteiger partial charge in [0.25, 0.3) is 0 Å². The first-order valence-electron chi connectivity index (χ1n) is 8.51. The summed E-state index contributed by atoms with van der Waals surface area (Å²) in [6.07, 6.45) is 6.19. The van der Waals surface area contributed by atoms with Gasteiger partial charge in [-0.15, -0.1) is 5.10 Å². The summed E-state index contributed by atoms with van der Waals surface area (Å²) in [5.74, 6) is 2.36. The Balaban J connectivity index is 1.57. The molecule has 0 bridgehead atoms. The normalized spacial score (nSPS) is 11.0. The number of aryl methyl sites for hydroxylation is 1.